The van der Waals surface area contributed by atoms with E-state index in [1.807, 2.05) is 42.5 Å². The molecular weight excluding hydrogens is 480 g/mol. The lowest BCUT2D eigenvalue weighted by atomic mass is 10.1. The lowest BCUT2D eigenvalue weighted by Crippen LogP contribution is -2.14. The standard InChI is InChI=1S/C30H22N4O4/c35-29(20-5-2-1-3-6-20)31-22-7-4-8-23(17-22)32-30(36)21-11-12-24-25(33-34-26(24)16-21)13-9-19-10-14-27-28(15-19)38-18-37-27/h1-17H,18H2,(H,31,35)(H,32,36)(H,33,34). The van der Waals surface area contributed by atoms with Crippen molar-refractivity contribution in [1.82, 2.24) is 10.2 Å². The van der Waals surface area contributed by atoms with Gasteiger partial charge in [-0.1, -0.05) is 36.4 Å². The zero-order valence-corrected chi connectivity index (χ0v) is 20.1. The number of amides is 2. The van der Waals surface area contributed by atoms with E-state index in [4.69, 9.17) is 9.47 Å². The summed E-state index contributed by atoms with van der Waals surface area (Å²) in [6.07, 6.45) is 3.85. The molecule has 186 valence electrons. The summed E-state index contributed by atoms with van der Waals surface area (Å²) in [5.74, 6) is 0.966. The monoisotopic (exact) mass is 502 g/mol. The van der Waals surface area contributed by atoms with Crippen LogP contribution in [-0.4, -0.2) is 28.8 Å². The first-order valence-corrected chi connectivity index (χ1v) is 12.0. The van der Waals surface area contributed by atoms with Crippen molar-refractivity contribution in [2.75, 3.05) is 17.4 Å². The summed E-state index contributed by atoms with van der Waals surface area (Å²) in [5.41, 5.74) is 4.64. The molecule has 38 heavy (non-hydrogen) atoms. The van der Waals surface area contributed by atoms with Gasteiger partial charge in [-0.05, 0) is 72.3 Å². The van der Waals surface area contributed by atoms with Crippen LogP contribution in [0.4, 0.5) is 11.4 Å². The van der Waals surface area contributed by atoms with Gasteiger partial charge in [-0.2, -0.15) is 5.10 Å². The molecule has 1 aliphatic rings. The molecule has 0 bridgehead atoms. The van der Waals surface area contributed by atoms with Crippen molar-refractivity contribution in [2.45, 2.75) is 0 Å². The number of carbonyl (C=O) groups excluding carboxylic acids is 2. The SMILES string of the molecule is O=C(Nc1cccc(NC(=O)c2ccc3c(C=Cc4ccc5c(c4)OCO5)n[nH]c3c2)c1)c1ccccc1. The Morgan fingerprint density at radius 2 is 1.50 bits per heavy atom. The lowest BCUT2D eigenvalue weighted by Gasteiger charge is -2.09. The van der Waals surface area contributed by atoms with Crippen LogP contribution in [0.25, 0.3) is 23.1 Å². The molecule has 2 heterocycles. The maximum atomic E-state index is 13.0. The molecule has 8 heteroatoms. The molecule has 0 fully saturated rings. The Labute approximate surface area is 217 Å². The van der Waals surface area contributed by atoms with Gasteiger partial charge in [0.1, 0.15) is 0 Å². The molecule has 3 N–H and O–H groups in total. The zero-order chi connectivity index (χ0) is 25.9. The average molecular weight is 503 g/mol. The van der Waals surface area contributed by atoms with Crippen LogP contribution in [0.2, 0.25) is 0 Å². The fraction of sp³-hybridized carbons (Fsp3) is 0.0333. The highest BCUT2D eigenvalue weighted by molar-refractivity contribution is 6.08. The Morgan fingerprint density at radius 3 is 2.32 bits per heavy atom. The Kier molecular flexibility index (Phi) is 6.03. The second-order valence-corrected chi connectivity index (χ2v) is 8.67. The van der Waals surface area contributed by atoms with E-state index in [0.29, 0.717) is 22.5 Å². The van der Waals surface area contributed by atoms with E-state index < -0.39 is 0 Å². The lowest BCUT2D eigenvalue weighted by molar-refractivity contribution is 0.101. The van der Waals surface area contributed by atoms with Gasteiger partial charge in [-0.25, -0.2) is 0 Å². The summed E-state index contributed by atoms with van der Waals surface area (Å²) in [6.45, 7) is 0.235. The summed E-state index contributed by atoms with van der Waals surface area (Å²) in [4.78, 5) is 25.4. The maximum absolute atomic E-state index is 13.0. The number of nitrogens with one attached hydrogen (secondary N) is 3. The zero-order valence-electron chi connectivity index (χ0n) is 20.1. The second kappa shape index (κ2) is 9.94. The molecule has 1 aliphatic heterocycles. The van der Waals surface area contributed by atoms with Gasteiger partial charge in [-0.3, -0.25) is 14.7 Å². The number of ether oxygens (including phenoxy) is 2. The van der Waals surface area contributed by atoms with Gasteiger partial charge in [0.2, 0.25) is 6.79 Å². The number of rotatable bonds is 6. The van der Waals surface area contributed by atoms with Gasteiger partial charge in [0.25, 0.3) is 11.8 Å². The quantitative estimate of drug-likeness (QED) is 0.265. The van der Waals surface area contributed by atoms with Crippen LogP contribution < -0.4 is 20.1 Å². The molecule has 2 amide bonds. The molecule has 1 aromatic heterocycles. The molecule has 0 saturated heterocycles. The van der Waals surface area contributed by atoms with Crippen LogP contribution >= 0.6 is 0 Å². The summed E-state index contributed by atoms with van der Waals surface area (Å²) < 4.78 is 10.8. The predicted octanol–water partition coefficient (Wildman–Crippen LogP) is 5.97. The van der Waals surface area contributed by atoms with Crippen LogP contribution in [-0.2, 0) is 0 Å². The first kappa shape index (κ1) is 23.1. The maximum Gasteiger partial charge on any atom is 0.255 e. The van der Waals surface area contributed by atoms with E-state index in [9.17, 15) is 9.59 Å². The highest BCUT2D eigenvalue weighted by Gasteiger charge is 2.13. The molecular formula is C30H22N4O4. The van der Waals surface area contributed by atoms with Crippen molar-refractivity contribution >= 4 is 46.2 Å². The molecule has 5 aromatic rings. The third-order valence-electron chi connectivity index (χ3n) is 6.10. The number of aromatic amines is 1. The molecule has 0 unspecified atom stereocenters. The second-order valence-electron chi connectivity index (χ2n) is 8.67. The minimum atomic E-state index is -0.273. The van der Waals surface area contributed by atoms with Gasteiger partial charge >= 0.3 is 0 Å². The molecule has 4 aromatic carbocycles. The topological polar surface area (TPSA) is 105 Å². The third kappa shape index (κ3) is 4.83. The molecule has 0 atom stereocenters. The van der Waals surface area contributed by atoms with E-state index in [1.165, 1.54) is 0 Å². The van der Waals surface area contributed by atoms with Gasteiger partial charge in [-0.15, -0.1) is 0 Å². The predicted molar refractivity (Wildman–Crippen MR) is 146 cm³/mol. The average Bonchev–Trinajstić information content (AvgIpc) is 3.58. The van der Waals surface area contributed by atoms with Crippen molar-refractivity contribution in [1.29, 1.82) is 0 Å². The van der Waals surface area contributed by atoms with Crippen LogP contribution in [0.15, 0.2) is 91.0 Å². The van der Waals surface area contributed by atoms with Gasteiger partial charge in [0.05, 0.1) is 11.2 Å². The van der Waals surface area contributed by atoms with Crippen molar-refractivity contribution < 1.29 is 19.1 Å². The van der Waals surface area contributed by atoms with E-state index in [1.54, 1.807) is 60.7 Å². The van der Waals surface area contributed by atoms with E-state index in [0.717, 1.165) is 33.7 Å². The fourth-order valence-electron chi connectivity index (χ4n) is 4.17. The summed E-state index contributed by atoms with van der Waals surface area (Å²) in [7, 11) is 0. The van der Waals surface area contributed by atoms with Crippen molar-refractivity contribution in [3.8, 4) is 11.5 Å². The number of aromatic nitrogens is 2. The Balaban J connectivity index is 1.15. The number of H-pyrrole nitrogens is 1. The van der Waals surface area contributed by atoms with Crippen molar-refractivity contribution in [3.05, 3.63) is 113 Å². The van der Waals surface area contributed by atoms with E-state index >= 15 is 0 Å². The van der Waals surface area contributed by atoms with Crippen LogP contribution in [0.3, 0.4) is 0 Å². The van der Waals surface area contributed by atoms with E-state index in [-0.39, 0.29) is 18.6 Å². The first-order valence-electron chi connectivity index (χ1n) is 12.0. The largest absolute Gasteiger partial charge is 0.454 e. The number of benzene rings is 4. The van der Waals surface area contributed by atoms with Crippen molar-refractivity contribution in [3.63, 3.8) is 0 Å². The Morgan fingerprint density at radius 1 is 0.737 bits per heavy atom. The third-order valence-corrected chi connectivity index (χ3v) is 6.10. The van der Waals surface area contributed by atoms with Crippen LogP contribution in [0.5, 0.6) is 11.5 Å². The number of hydrogen-bond acceptors (Lipinski definition) is 5. The van der Waals surface area contributed by atoms with Gasteiger partial charge in [0.15, 0.2) is 11.5 Å². The number of anilines is 2. The number of nitrogens with zero attached hydrogens (tertiary/aromatic N) is 1. The highest BCUT2D eigenvalue weighted by Crippen LogP contribution is 2.33. The van der Waals surface area contributed by atoms with Gasteiger partial charge in [0, 0.05) is 27.9 Å². The smallest absolute Gasteiger partial charge is 0.255 e. The highest BCUT2D eigenvalue weighted by atomic mass is 16.7. The number of carbonyl (C=O) groups is 2. The molecule has 8 nitrogen and oxygen atoms in total. The summed E-state index contributed by atoms with van der Waals surface area (Å²) in [5, 5.41) is 14.0. The number of fused-ring (bicyclic) bond motifs is 2. The fourth-order valence-corrected chi connectivity index (χ4v) is 4.17. The normalized spacial score (nSPS) is 12.1. The molecule has 0 spiro atoms. The van der Waals surface area contributed by atoms with Crippen molar-refractivity contribution in [2.24, 2.45) is 0 Å². The van der Waals surface area contributed by atoms with E-state index in [2.05, 4.69) is 20.8 Å². The molecule has 0 radical (unpaired) electrons. The molecule has 0 saturated carbocycles. The Hall–Kier alpha value is -5.37. The summed E-state index contributed by atoms with van der Waals surface area (Å²) >= 11 is 0. The molecule has 0 aliphatic carbocycles. The number of hydrogen-bond donors (Lipinski definition) is 3. The van der Waals surface area contributed by atoms with Gasteiger partial charge < -0.3 is 20.1 Å². The minimum Gasteiger partial charge on any atom is -0.454 e. The van der Waals surface area contributed by atoms with Crippen LogP contribution in [0, 0.1) is 0 Å². The minimum absolute atomic E-state index is 0.220. The first-order chi connectivity index (χ1) is 18.6. The van der Waals surface area contributed by atoms with Crippen LogP contribution in [0.1, 0.15) is 32.0 Å². The summed E-state index contributed by atoms with van der Waals surface area (Å²) in [6, 6.07) is 27.1. The molecule has 6 rings (SSSR count). The Bertz CT molecular complexity index is 1690.